The predicted molar refractivity (Wildman–Crippen MR) is 114 cm³/mol. The highest BCUT2D eigenvalue weighted by molar-refractivity contribution is 5.93. The van der Waals surface area contributed by atoms with Crippen LogP contribution < -0.4 is 15.0 Å². The van der Waals surface area contributed by atoms with Gasteiger partial charge in [-0.3, -0.25) is 4.79 Å². The summed E-state index contributed by atoms with van der Waals surface area (Å²) in [6, 6.07) is 21.3. The predicted octanol–water partition coefficient (Wildman–Crippen LogP) is 4.01. The summed E-state index contributed by atoms with van der Waals surface area (Å²) in [7, 11) is 1.65. The largest absolute Gasteiger partial charge is 0.497 e. The van der Waals surface area contributed by atoms with Gasteiger partial charge in [-0.05, 0) is 61.4 Å². The molecule has 2 aromatic carbocycles. The fraction of sp³-hybridized carbons (Fsp3) is 0.261. The Morgan fingerprint density at radius 2 is 1.83 bits per heavy atom. The number of nitrogens with one attached hydrogen (secondary N) is 1. The number of methoxy groups -OCH3 is 1. The number of nitrogens with zero attached hydrogens (tertiary/aromatic N) is 3. The van der Waals surface area contributed by atoms with E-state index in [-0.39, 0.29) is 11.8 Å². The fourth-order valence-electron chi connectivity index (χ4n) is 3.57. The molecule has 1 saturated heterocycles. The Morgan fingerprint density at radius 3 is 2.52 bits per heavy atom. The van der Waals surface area contributed by atoms with E-state index in [1.807, 2.05) is 66.7 Å². The van der Waals surface area contributed by atoms with Crippen LogP contribution in [0.25, 0.3) is 11.3 Å². The summed E-state index contributed by atoms with van der Waals surface area (Å²) < 4.78 is 5.19. The van der Waals surface area contributed by atoms with E-state index in [0.29, 0.717) is 6.54 Å². The van der Waals surface area contributed by atoms with E-state index in [1.165, 1.54) is 0 Å². The molecule has 0 saturated carbocycles. The second-order valence-corrected chi connectivity index (χ2v) is 7.15. The molecule has 29 heavy (non-hydrogen) atoms. The Morgan fingerprint density at radius 1 is 1.03 bits per heavy atom. The lowest BCUT2D eigenvalue weighted by Gasteiger charge is -2.32. The second-order valence-electron chi connectivity index (χ2n) is 7.15. The first-order valence-corrected chi connectivity index (χ1v) is 9.82. The zero-order chi connectivity index (χ0) is 20.1. The van der Waals surface area contributed by atoms with E-state index < -0.39 is 0 Å². The quantitative estimate of drug-likeness (QED) is 0.715. The first-order chi connectivity index (χ1) is 14.2. The van der Waals surface area contributed by atoms with Gasteiger partial charge in [0.15, 0.2) is 5.82 Å². The molecule has 0 bridgehead atoms. The number of hydrogen-bond acceptors (Lipinski definition) is 5. The molecule has 1 atom stereocenters. The van der Waals surface area contributed by atoms with Gasteiger partial charge in [0.2, 0.25) is 5.91 Å². The van der Waals surface area contributed by atoms with Crippen LogP contribution >= 0.6 is 0 Å². The van der Waals surface area contributed by atoms with Crippen LogP contribution in [0.5, 0.6) is 5.75 Å². The van der Waals surface area contributed by atoms with E-state index in [0.717, 1.165) is 47.9 Å². The summed E-state index contributed by atoms with van der Waals surface area (Å²) in [4.78, 5) is 14.8. The van der Waals surface area contributed by atoms with Crippen LogP contribution in [0.1, 0.15) is 12.8 Å². The summed E-state index contributed by atoms with van der Waals surface area (Å²) in [5.74, 6) is 1.61. The number of benzene rings is 2. The molecule has 1 aromatic heterocycles. The van der Waals surface area contributed by atoms with Gasteiger partial charge in [0.05, 0.1) is 18.7 Å². The monoisotopic (exact) mass is 388 g/mol. The Balaban J connectivity index is 1.42. The van der Waals surface area contributed by atoms with Crippen LogP contribution in [0.3, 0.4) is 0 Å². The van der Waals surface area contributed by atoms with Gasteiger partial charge < -0.3 is 15.0 Å². The molecule has 0 radical (unpaired) electrons. The highest BCUT2D eigenvalue weighted by atomic mass is 16.5. The van der Waals surface area contributed by atoms with Gasteiger partial charge in [-0.25, -0.2) is 0 Å². The van der Waals surface area contributed by atoms with Crippen molar-refractivity contribution in [2.45, 2.75) is 12.8 Å². The third-order valence-corrected chi connectivity index (χ3v) is 5.19. The number of para-hydroxylation sites is 1. The number of carbonyl (C=O) groups excluding carboxylic acids is 1. The van der Waals surface area contributed by atoms with Gasteiger partial charge in [0.1, 0.15) is 5.75 Å². The summed E-state index contributed by atoms with van der Waals surface area (Å²) in [6.07, 6.45) is 1.83. The Hall–Kier alpha value is -3.41. The van der Waals surface area contributed by atoms with Crippen LogP contribution in [0.15, 0.2) is 66.7 Å². The first-order valence-electron chi connectivity index (χ1n) is 9.82. The third kappa shape index (κ3) is 4.54. The molecule has 1 fully saturated rings. The molecule has 1 unspecified atom stereocenters. The molecular formula is C23H24N4O2. The van der Waals surface area contributed by atoms with Crippen LogP contribution in [-0.2, 0) is 4.79 Å². The number of hydrogen-bond donors (Lipinski definition) is 1. The minimum absolute atomic E-state index is 0.0590. The van der Waals surface area contributed by atoms with Gasteiger partial charge >= 0.3 is 0 Å². The van der Waals surface area contributed by atoms with Crippen molar-refractivity contribution in [2.24, 2.45) is 5.92 Å². The second kappa shape index (κ2) is 8.73. The Labute approximate surface area is 170 Å². The average molecular weight is 388 g/mol. The third-order valence-electron chi connectivity index (χ3n) is 5.19. The van der Waals surface area contributed by atoms with Crippen LogP contribution in [0.4, 0.5) is 11.5 Å². The summed E-state index contributed by atoms with van der Waals surface area (Å²) in [6.45, 7) is 1.53. The number of ether oxygens (including phenoxy) is 1. The topological polar surface area (TPSA) is 67.3 Å². The van der Waals surface area contributed by atoms with Crippen molar-refractivity contribution < 1.29 is 9.53 Å². The van der Waals surface area contributed by atoms with Gasteiger partial charge in [-0.1, -0.05) is 18.2 Å². The van der Waals surface area contributed by atoms with Crippen LogP contribution in [0, 0.1) is 5.92 Å². The van der Waals surface area contributed by atoms with Crippen molar-refractivity contribution in [3.63, 3.8) is 0 Å². The Kier molecular flexibility index (Phi) is 5.70. The molecule has 148 valence electrons. The van der Waals surface area contributed by atoms with Gasteiger partial charge in [0.25, 0.3) is 0 Å². The number of anilines is 2. The molecule has 1 aliphatic rings. The molecule has 1 aliphatic heterocycles. The zero-order valence-electron chi connectivity index (χ0n) is 16.4. The smallest absolute Gasteiger partial charge is 0.229 e. The first kappa shape index (κ1) is 18.9. The molecular weight excluding hydrogens is 364 g/mol. The van der Waals surface area contributed by atoms with Crippen molar-refractivity contribution >= 4 is 17.4 Å². The van der Waals surface area contributed by atoms with Gasteiger partial charge in [-0.15, -0.1) is 10.2 Å². The lowest BCUT2D eigenvalue weighted by molar-refractivity contribution is -0.120. The van der Waals surface area contributed by atoms with Crippen molar-refractivity contribution in [3.05, 3.63) is 66.7 Å². The fourth-order valence-corrected chi connectivity index (χ4v) is 3.57. The number of amides is 1. The number of carbonyl (C=O) groups is 1. The van der Waals surface area contributed by atoms with Crippen molar-refractivity contribution in [1.82, 2.24) is 10.2 Å². The van der Waals surface area contributed by atoms with E-state index in [2.05, 4.69) is 20.4 Å². The normalized spacial score (nSPS) is 16.3. The van der Waals surface area contributed by atoms with Crippen molar-refractivity contribution in [2.75, 3.05) is 30.4 Å². The number of piperidine rings is 1. The van der Waals surface area contributed by atoms with E-state index in [4.69, 9.17) is 4.74 Å². The lowest BCUT2D eigenvalue weighted by atomic mass is 9.97. The molecule has 3 aromatic rings. The highest BCUT2D eigenvalue weighted by Crippen LogP contribution is 2.25. The standard InChI is InChI=1S/C23H24N4O2/c1-29-20-11-9-17(10-12-20)21-13-14-22(26-25-21)27-15-5-6-18(16-27)23(28)24-19-7-3-2-4-8-19/h2-4,7-14,18H,5-6,15-16H2,1H3,(H,24,28). The number of aromatic nitrogens is 2. The maximum absolute atomic E-state index is 12.7. The molecule has 4 rings (SSSR count). The van der Waals surface area contributed by atoms with Crippen LogP contribution in [0.2, 0.25) is 0 Å². The summed E-state index contributed by atoms with van der Waals surface area (Å²) >= 11 is 0. The molecule has 6 heteroatoms. The van der Waals surface area contributed by atoms with Gasteiger partial charge in [-0.2, -0.15) is 0 Å². The summed E-state index contributed by atoms with van der Waals surface area (Å²) in [5, 5.41) is 11.8. The SMILES string of the molecule is COc1ccc(-c2ccc(N3CCCC(C(=O)Nc4ccccc4)C3)nn2)cc1. The molecule has 1 N–H and O–H groups in total. The Bertz CT molecular complexity index is 943. The average Bonchev–Trinajstić information content (AvgIpc) is 2.80. The molecule has 6 nitrogen and oxygen atoms in total. The summed E-state index contributed by atoms with van der Waals surface area (Å²) in [5.41, 5.74) is 2.63. The molecule has 0 spiro atoms. The van der Waals surface area contributed by atoms with Gasteiger partial charge in [0, 0.05) is 24.3 Å². The number of rotatable bonds is 5. The van der Waals surface area contributed by atoms with E-state index in [9.17, 15) is 4.79 Å². The zero-order valence-corrected chi connectivity index (χ0v) is 16.4. The molecule has 1 amide bonds. The van der Waals surface area contributed by atoms with E-state index >= 15 is 0 Å². The van der Waals surface area contributed by atoms with Crippen molar-refractivity contribution in [3.8, 4) is 17.0 Å². The van der Waals surface area contributed by atoms with Crippen LogP contribution in [-0.4, -0.2) is 36.3 Å². The molecule has 2 heterocycles. The maximum atomic E-state index is 12.7. The van der Waals surface area contributed by atoms with E-state index in [1.54, 1.807) is 7.11 Å². The lowest BCUT2D eigenvalue weighted by Crippen LogP contribution is -2.41. The highest BCUT2D eigenvalue weighted by Gasteiger charge is 2.26. The van der Waals surface area contributed by atoms with Crippen molar-refractivity contribution in [1.29, 1.82) is 0 Å². The molecule has 0 aliphatic carbocycles. The minimum Gasteiger partial charge on any atom is -0.497 e. The minimum atomic E-state index is -0.0629. The maximum Gasteiger partial charge on any atom is 0.229 e.